The number of nitrogens with zero attached hydrogens (tertiary/aromatic N) is 8. The van der Waals surface area contributed by atoms with Gasteiger partial charge in [-0.05, 0) is 73.4 Å². The van der Waals surface area contributed by atoms with Crippen LogP contribution >= 0.6 is 0 Å². The van der Waals surface area contributed by atoms with E-state index < -0.39 is 12.4 Å². The zero-order chi connectivity index (χ0) is 28.9. The minimum absolute atomic E-state index is 0.0277. The second-order valence-corrected chi connectivity index (χ2v) is 9.86. The fourth-order valence-electron chi connectivity index (χ4n) is 5.02. The molecular formula is C28H33N9O4. The molecule has 13 nitrogen and oxygen atoms in total. The fraction of sp³-hybridized carbons (Fsp3) is 0.393. The van der Waals surface area contributed by atoms with Gasteiger partial charge in [-0.3, -0.25) is 9.48 Å². The number of carbonyl (C=O) groups excluding carboxylic acids is 2. The molecule has 1 aromatic carbocycles. The van der Waals surface area contributed by atoms with Crippen molar-refractivity contribution in [3.63, 3.8) is 0 Å². The summed E-state index contributed by atoms with van der Waals surface area (Å²) in [5.41, 5.74) is 3.89. The van der Waals surface area contributed by atoms with Crippen molar-refractivity contribution >= 4 is 17.9 Å². The van der Waals surface area contributed by atoms with Gasteiger partial charge < -0.3 is 19.7 Å². The number of carbonyl (C=O) groups is 2. The van der Waals surface area contributed by atoms with Gasteiger partial charge in [0.15, 0.2) is 6.23 Å². The van der Waals surface area contributed by atoms with Gasteiger partial charge in [-0.25, -0.2) is 9.78 Å². The molecule has 1 aliphatic rings. The Morgan fingerprint density at radius 2 is 2.00 bits per heavy atom. The van der Waals surface area contributed by atoms with Crippen LogP contribution in [0.4, 0.5) is 10.6 Å². The van der Waals surface area contributed by atoms with Gasteiger partial charge in [-0.2, -0.15) is 9.78 Å². The number of piperidine rings is 1. The summed E-state index contributed by atoms with van der Waals surface area (Å²) >= 11 is 0. The number of pyridine rings is 1. The van der Waals surface area contributed by atoms with Gasteiger partial charge >= 0.3 is 6.16 Å². The lowest BCUT2D eigenvalue weighted by molar-refractivity contribution is 0.00140. The number of aryl methyl sites for hydroxylation is 2. The van der Waals surface area contributed by atoms with Crippen LogP contribution in [-0.4, -0.2) is 72.8 Å². The smallest absolute Gasteiger partial charge is 0.435 e. The Kier molecular flexibility index (Phi) is 8.22. The van der Waals surface area contributed by atoms with Crippen LogP contribution in [0.5, 0.6) is 0 Å². The Morgan fingerprint density at radius 3 is 2.76 bits per heavy atom. The first kappa shape index (κ1) is 27.7. The average Bonchev–Trinajstić information content (AvgIpc) is 3.60. The summed E-state index contributed by atoms with van der Waals surface area (Å²) in [5.74, 6) is 1.21. The molecule has 0 spiro atoms. The van der Waals surface area contributed by atoms with Crippen LogP contribution < -0.4 is 10.2 Å². The maximum absolute atomic E-state index is 13.1. The third-order valence-electron chi connectivity index (χ3n) is 7.01. The molecule has 3 aromatic heterocycles. The number of nitrogens with one attached hydrogen (secondary N) is 1. The standard InChI is InChI=1S/C28H33N9O4/c1-5-40-28(39)41-19(3)37-26(32-33-34-37)24-23(16-30-35(24)4)20-10-12-21(13-11-20)27(38)31-22-9-7-15-36(17-22)25-18(2)8-6-14-29-25/h6,8,10-14,16,19,22H,5,7,9,15,17H2,1-4H3,(H,31,38)/t19?,22-/m1/s1. The summed E-state index contributed by atoms with van der Waals surface area (Å²) in [4.78, 5) is 31.7. The highest BCUT2D eigenvalue weighted by atomic mass is 16.7. The minimum atomic E-state index is -0.815. The highest BCUT2D eigenvalue weighted by molar-refractivity contribution is 5.95. The molecule has 41 heavy (non-hydrogen) atoms. The lowest BCUT2D eigenvalue weighted by Gasteiger charge is -2.34. The second kappa shape index (κ2) is 12.1. The number of hydrogen-bond donors (Lipinski definition) is 1. The van der Waals surface area contributed by atoms with Gasteiger partial charge in [0.2, 0.25) is 5.82 Å². The van der Waals surface area contributed by atoms with E-state index in [0.29, 0.717) is 23.6 Å². The van der Waals surface area contributed by atoms with Crippen molar-refractivity contribution in [1.82, 2.24) is 40.3 Å². The molecule has 4 heterocycles. The zero-order valence-electron chi connectivity index (χ0n) is 23.5. The van der Waals surface area contributed by atoms with Gasteiger partial charge in [-0.1, -0.05) is 18.2 Å². The Labute approximate surface area is 237 Å². The molecule has 1 N–H and O–H groups in total. The number of rotatable bonds is 8. The average molecular weight is 560 g/mol. The third-order valence-corrected chi connectivity index (χ3v) is 7.01. The van der Waals surface area contributed by atoms with Crippen LogP contribution in [-0.2, 0) is 16.5 Å². The summed E-state index contributed by atoms with van der Waals surface area (Å²) in [6.07, 6.45) is 3.78. The molecule has 1 unspecified atom stereocenters. The summed E-state index contributed by atoms with van der Waals surface area (Å²) in [6.45, 7) is 7.22. The highest BCUT2D eigenvalue weighted by Crippen LogP contribution is 2.31. The minimum Gasteiger partial charge on any atom is -0.435 e. The third kappa shape index (κ3) is 6.03. The predicted molar refractivity (Wildman–Crippen MR) is 150 cm³/mol. The van der Waals surface area contributed by atoms with Crippen molar-refractivity contribution in [1.29, 1.82) is 0 Å². The quantitative estimate of drug-likeness (QED) is 0.319. The molecule has 1 fully saturated rings. The maximum atomic E-state index is 13.1. The van der Waals surface area contributed by atoms with Crippen molar-refractivity contribution in [3.05, 3.63) is 59.9 Å². The number of anilines is 1. The van der Waals surface area contributed by atoms with Crippen LogP contribution in [0.2, 0.25) is 0 Å². The summed E-state index contributed by atoms with van der Waals surface area (Å²) in [6, 6.07) is 11.3. The number of benzene rings is 1. The molecule has 214 valence electrons. The predicted octanol–water partition coefficient (Wildman–Crippen LogP) is 3.53. The van der Waals surface area contributed by atoms with E-state index in [9.17, 15) is 9.59 Å². The van der Waals surface area contributed by atoms with Gasteiger partial charge in [0.1, 0.15) is 11.5 Å². The molecular weight excluding hydrogens is 526 g/mol. The van der Waals surface area contributed by atoms with Gasteiger partial charge in [0.25, 0.3) is 5.91 Å². The molecule has 1 amide bonds. The van der Waals surface area contributed by atoms with Gasteiger partial charge in [0, 0.05) is 43.5 Å². The lowest BCUT2D eigenvalue weighted by atomic mass is 10.0. The number of hydrogen-bond acceptors (Lipinski definition) is 10. The number of ether oxygens (including phenoxy) is 2. The molecule has 5 rings (SSSR count). The maximum Gasteiger partial charge on any atom is 0.510 e. The van der Waals surface area contributed by atoms with Gasteiger partial charge in [0.05, 0.1) is 12.8 Å². The number of aromatic nitrogens is 7. The molecule has 0 radical (unpaired) electrons. The molecule has 1 aliphatic heterocycles. The van der Waals surface area contributed by atoms with Crippen molar-refractivity contribution in [3.8, 4) is 22.6 Å². The summed E-state index contributed by atoms with van der Waals surface area (Å²) in [5, 5.41) is 19.5. The molecule has 1 saturated heterocycles. The van der Waals surface area contributed by atoms with Crippen molar-refractivity contribution in [2.24, 2.45) is 7.05 Å². The van der Waals surface area contributed by atoms with Crippen molar-refractivity contribution < 1.29 is 19.1 Å². The van der Waals surface area contributed by atoms with Crippen molar-refractivity contribution in [2.45, 2.75) is 45.9 Å². The van der Waals surface area contributed by atoms with E-state index in [0.717, 1.165) is 41.9 Å². The fourth-order valence-corrected chi connectivity index (χ4v) is 5.02. The number of amides is 1. The van der Waals surface area contributed by atoms with E-state index >= 15 is 0 Å². The first-order chi connectivity index (χ1) is 19.9. The van der Waals surface area contributed by atoms with E-state index in [2.05, 4.69) is 48.8 Å². The van der Waals surface area contributed by atoms with E-state index in [1.165, 1.54) is 4.68 Å². The Hall–Kier alpha value is -4.81. The summed E-state index contributed by atoms with van der Waals surface area (Å²) in [7, 11) is 1.77. The van der Waals surface area contributed by atoms with Crippen molar-refractivity contribution in [2.75, 3.05) is 24.6 Å². The molecule has 0 aliphatic carbocycles. The normalized spacial score (nSPS) is 15.8. The zero-order valence-corrected chi connectivity index (χ0v) is 23.5. The monoisotopic (exact) mass is 559 g/mol. The Morgan fingerprint density at radius 1 is 1.20 bits per heavy atom. The highest BCUT2D eigenvalue weighted by Gasteiger charge is 2.26. The van der Waals surface area contributed by atoms with E-state index in [1.807, 2.05) is 18.2 Å². The Bertz CT molecular complexity index is 1520. The topological polar surface area (TPSA) is 142 Å². The van der Waals surface area contributed by atoms with Crippen LogP contribution in [0.25, 0.3) is 22.6 Å². The molecule has 2 atom stereocenters. The van der Waals surface area contributed by atoms with E-state index in [-0.39, 0.29) is 18.6 Å². The van der Waals surface area contributed by atoms with E-state index in [1.54, 1.807) is 50.1 Å². The largest absolute Gasteiger partial charge is 0.510 e. The van der Waals surface area contributed by atoms with Crippen LogP contribution in [0, 0.1) is 6.92 Å². The summed E-state index contributed by atoms with van der Waals surface area (Å²) < 4.78 is 13.2. The Balaban J connectivity index is 1.30. The second-order valence-electron chi connectivity index (χ2n) is 9.86. The van der Waals surface area contributed by atoms with Gasteiger partial charge in [-0.15, -0.1) is 5.10 Å². The SMILES string of the molecule is CCOC(=O)OC(C)n1nnnc1-c1c(-c2ccc(C(=O)N[C@@H]3CCCN(c4ncccc4C)C3)cc2)cnn1C. The van der Waals surface area contributed by atoms with E-state index in [4.69, 9.17) is 9.47 Å². The van der Waals surface area contributed by atoms with Crippen LogP contribution in [0.3, 0.4) is 0 Å². The van der Waals surface area contributed by atoms with Crippen LogP contribution in [0.15, 0.2) is 48.8 Å². The first-order valence-electron chi connectivity index (χ1n) is 13.6. The molecule has 4 aromatic rings. The molecule has 0 bridgehead atoms. The molecule has 0 saturated carbocycles. The number of tetrazole rings is 1. The first-order valence-corrected chi connectivity index (χ1v) is 13.6. The molecule has 13 heteroatoms. The van der Waals surface area contributed by atoms with Crippen LogP contribution in [0.1, 0.15) is 48.8 Å². The lowest BCUT2D eigenvalue weighted by Crippen LogP contribution is -2.48.